The fourth-order valence-electron chi connectivity index (χ4n) is 1.01. The van der Waals surface area contributed by atoms with Crippen LogP contribution < -0.4 is 11.6 Å². The standard InChI is InChI=1S/C10H18N4O2/c1-8(2)13(12)9(3)7-10(14(15)16)5-4-6-11/h4-8H,11-12H2,1-3H3/b6-4+,9-7+,10-5+. The van der Waals surface area contributed by atoms with E-state index in [1.54, 1.807) is 6.92 Å². The Labute approximate surface area is 95.0 Å². The molecule has 4 N–H and O–H groups in total. The number of hydrazine groups is 1. The summed E-state index contributed by atoms with van der Waals surface area (Å²) < 4.78 is 0. The van der Waals surface area contributed by atoms with Crippen molar-refractivity contribution in [3.8, 4) is 0 Å². The largest absolute Gasteiger partial charge is 0.405 e. The Morgan fingerprint density at radius 3 is 2.44 bits per heavy atom. The lowest BCUT2D eigenvalue weighted by atomic mass is 10.3. The van der Waals surface area contributed by atoms with E-state index in [-0.39, 0.29) is 11.7 Å². The van der Waals surface area contributed by atoms with Gasteiger partial charge in [0, 0.05) is 23.9 Å². The third-order valence-electron chi connectivity index (χ3n) is 1.91. The number of hydrogen-bond acceptors (Lipinski definition) is 5. The van der Waals surface area contributed by atoms with Gasteiger partial charge in [0.25, 0.3) is 5.70 Å². The fourth-order valence-corrected chi connectivity index (χ4v) is 1.01. The minimum absolute atomic E-state index is 0.0599. The van der Waals surface area contributed by atoms with E-state index in [9.17, 15) is 10.1 Å². The summed E-state index contributed by atoms with van der Waals surface area (Å²) in [6.07, 6.45) is 5.35. The first-order valence-electron chi connectivity index (χ1n) is 4.85. The monoisotopic (exact) mass is 226 g/mol. The molecule has 0 bridgehead atoms. The summed E-state index contributed by atoms with van der Waals surface area (Å²) in [6.45, 7) is 5.50. The van der Waals surface area contributed by atoms with Crippen LogP contribution in [0.25, 0.3) is 0 Å². The van der Waals surface area contributed by atoms with Gasteiger partial charge in [-0.3, -0.25) is 10.1 Å². The highest BCUT2D eigenvalue weighted by Crippen LogP contribution is 2.08. The molecule has 0 unspecified atom stereocenters. The molecule has 0 aliphatic carbocycles. The maximum atomic E-state index is 10.7. The molecule has 0 saturated heterocycles. The molecule has 0 heterocycles. The molecule has 0 aliphatic heterocycles. The van der Waals surface area contributed by atoms with Crippen LogP contribution in [0.4, 0.5) is 0 Å². The molecule has 0 aromatic carbocycles. The number of allylic oxidation sites excluding steroid dienone is 4. The van der Waals surface area contributed by atoms with Crippen LogP contribution in [0.2, 0.25) is 0 Å². The number of hydrogen-bond donors (Lipinski definition) is 2. The molecule has 0 saturated carbocycles. The van der Waals surface area contributed by atoms with Gasteiger partial charge in [0.2, 0.25) is 0 Å². The maximum absolute atomic E-state index is 10.7. The van der Waals surface area contributed by atoms with Crippen LogP contribution in [0.3, 0.4) is 0 Å². The van der Waals surface area contributed by atoms with Gasteiger partial charge in [-0.15, -0.1) is 0 Å². The fraction of sp³-hybridized carbons (Fsp3) is 0.400. The molecular formula is C10H18N4O2. The lowest BCUT2D eigenvalue weighted by Gasteiger charge is -2.23. The van der Waals surface area contributed by atoms with E-state index in [1.165, 1.54) is 29.4 Å². The van der Waals surface area contributed by atoms with E-state index in [4.69, 9.17) is 11.6 Å². The van der Waals surface area contributed by atoms with Crippen LogP contribution in [-0.4, -0.2) is 16.0 Å². The molecule has 0 radical (unpaired) electrons. The van der Waals surface area contributed by atoms with Crippen molar-refractivity contribution in [2.45, 2.75) is 26.8 Å². The lowest BCUT2D eigenvalue weighted by Crippen LogP contribution is -2.35. The highest BCUT2D eigenvalue weighted by atomic mass is 16.6. The van der Waals surface area contributed by atoms with Crippen molar-refractivity contribution in [1.29, 1.82) is 0 Å². The van der Waals surface area contributed by atoms with Crippen molar-refractivity contribution in [1.82, 2.24) is 5.01 Å². The van der Waals surface area contributed by atoms with Crippen molar-refractivity contribution in [3.05, 3.63) is 45.9 Å². The zero-order valence-corrected chi connectivity index (χ0v) is 9.75. The second-order valence-corrected chi connectivity index (χ2v) is 3.52. The summed E-state index contributed by atoms with van der Waals surface area (Å²) in [7, 11) is 0. The number of nitrogens with zero attached hydrogens (tertiary/aromatic N) is 2. The zero-order valence-electron chi connectivity index (χ0n) is 9.75. The molecule has 6 heteroatoms. The van der Waals surface area contributed by atoms with Gasteiger partial charge in [0.05, 0.1) is 4.92 Å². The summed E-state index contributed by atoms with van der Waals surface area (Å²) in [6, 6.07) is 0.0781. The predicted molar refractivity (Wildman–Crippen MR) is 63.3 cm³/mol. The second kappa shape index (κ2) is 6.62. The summed E-state index contributed by atoms with van der Waals surface area (Å²) in [4.78, 5) is 10.2. The quantitative estimate of drug-likeness (QED) is 0.316. The first-order valence-corrected chi connectivity index (χ1v) is 4.85. The molecule has 0 aromatic rings. The van der Waals surface area contributed by atoms with Gasteiger partial charge in [-0.05, 0) is 33.0 Å². The molecule has 90 valence electrons. The van der Waals surface area contributed by atoms with Crippen LogP contribution >= 0.6 is 0 Å². The Hall–Kier alpha value is -1.82. The molecule has 0 aliphatic rings. The number of rotatable bonds is 5. The normalized spacial score (nSPS) is 13.6. The van der Waals surface area contributed by atoms with Crippen molar-refractivity contribution < 1.29 is 4.92 Å². The van der Waals surface area contributed by atoms with Crippen LogP contribution in [-0.2, 0) is 0 Å². The van der Waals surface area contributed by atoms with Gasteiger partial charge in [-0.1, -0.05) is 0 Å². The minimum atomic E-state index is -0.488. The Morgan fingerprint density at radius 1 is 1.50 bits per heavy atom. The summed E-state index contributed by atoms with van der Waals surface area (Å²) in [5, 5.41) is 12.2. The molecule has 16 heavy (non-hydrogen) atoms. The van der Waals surface area contributed by atoms with Crippen LogP contribution in [0.1, 0.15) is 20.8 Å². The van der Waals surface area contributed by atoms with Gasteiger partial charge in [-0.25, -0.2) is 5.84 Å². The number of nitrogens with two attached hydrogens (primary N) is 2. The van der Waals surface area contributed by atoms with Crippen LogP contribution in [0.5, 0.6) is 0 Å². The van der Waals surface area contributed by atoms with E-state index >= 15 is 0 Å². The molecule has 0 rings (SSSR count). The van der Waals surface area contributed by atoms with Crippen molar-refractivity contribution in [2.24, 2.45) is 11.6 Å². The van der Waals surface area contributed by atoms with Gasteiger partial charge >= 0.3 is 0 Å². The highest BCUT2D eigenvalue weighted by Gasteiger charge is 2.10. The maximum Gasteiger partial charge on any atom is 0.271 e. The molecule has 6 nitrogen and oxygen atoms in total. The average Bonchev–Trinajstić information content (AvgIpc) is 2.21. The third-order valence-corrected chi connectivity index (χ3v) is 1.91. The Kier molecular flexibility index (Phi) is 5.87. The van der Waals surface area contributed by atoms with E-state index in [1.807, 2.05) is 13.8 Å². The van der Waals surface area contributed by atoms with Gasteiger partial charge in [0.1, 0.15) is 0 Å². The number of nitro groups is 1. The Balaban J connectivity index is 4.99. The second-order valence-electron chi connectivity index (χ2n) is 3.52. The molecule has 0 fully saturated rings. The predicted octanol–water partition coefficient (Wildman–Crippen LogP) is 1.11. The van der Waals surface area contributed by atoms with E-state index in [0.29, 0.717) is 5.70 Å². The van der Waals surface area contributed by atoms with Crippen LogP contribution in [0.15, 0.2) is 35.8 Å². The Morgan fingerprint density at radius 2 is 2.06 bits per heavy atom. The molecule has 0 amide bonds. The van der Waals surface area contributed by atoms with Gasteiger partial charge < -0.3 is 10.7 Å². The third kappa shape index (κ3) is 4.61. The molecule has 0 atom stereocenters. The molecule has 0 aromatic heterocycles. The smallest absolute Gasteiger partial charge is 0.271 e. The Bertz CT molecular complexity index is 332. The molecule has 0 spiro atoms. The summed E-state index contributed by atoms with van der Waals surface area (Å²) in [5.74, 6) is 5.71. The summed E-state index contributed by atoms with van der Waals surface area (Å²) >= 11 is 0. The van der Waals surface area contributed by atoms with Gasteiger partial charge in [0.15, 0.2) is 0 Å². The first-order chi connectivity index (χ1) is 7.40. The van der Waals surface area contributed by atoms with E-state index < -0.39 is 4.92 Å². The highest BCUT2D eigenvalue weighted by molar-refractivity contribution is 5.20. The SMILES string of the molecule is C\C(=C/C(=C\C=C\N)[N+](=O)[O-])N(N)C(C)C. The van der Waals surface area contributed by atoms with E-state index in [0.717, 1.165) is 0 Å². The zero-order chi connectivity index (χ0) is 12.7. The van der Waals surface area contributed by atoms with E-state index in [2.05, 4.69) is 0 Å². The minimum Gasteiger partial charge on any atom is -0.405 e. The topological polar surface area (TPSA) is 98.4 Å². The summed E-state index contributed by atoms with van der Waals surface area (Å²) in [5.41, 5.74) is 5.67. The van der Waals surface area contributed by atoms with Crippen LogP contribution in [0, 0.1) is 10.1 Å². The van der Waals surface area contributed by atoms with Crippen molar-refractivity contribution >= 4 is 0 Å². The van der Waals surface area contributed by atoms with Crippen molar-refractivity contribution in [3.63, 3.8) is 0 Å². The lowest BCUT2D eigenvalue weighted by molar-refractivity contribution is -0.419. The van der Waals surface area contributed by atoms with Gasteiger partial charge in [-0.2, -0.15) is 0 Å². The van der Waals surface area contributed by atoms with Crippen molar-refractivity contribution in [2.75, 3.05) is 0 Å². The molecular weight excluding hydrogens is 208 g/mol. The average molecular weight is 226 g/mol. The first kappa shape index (κ1) is 14.2.